The van der Waals surface area contributed by atoms with Crippen LogP contribution in [0.1, 0.15) is 50.0 Å². The molecule has 0 heterocycles. The highest BCUT2D eigenvalue weighted by Gasteiger charge is 2.24. The number of benzene rings is 1. The number of hydrogen-bond donors (Lipinski definition) is 0. The third-order valence-electron chi connectivity index (χ3n) is 3.81. The van der Waals surface area contributed by atoms with E-state index in [1.165, 1.54) is 37.7 Å². The minimum atomic E-state index is 0.559. The Morgan fingerprint density at radius 1 is 1.12 bits per heavy atom. The van der Waals surface area contributed by atoms with Gasteiger partial charge in [-0.05, 0) is 42.4 Å². The lowest BCUT2D eigenvalue weighted by Crippen LogP contribution is -2.11. The number of rotatable bonds is 2. The second kappa shape index (κ2) is 6.21. The predicted octanol–water partition coefficient (Wildman–Crippen LogP) is 5.03. The molecule has 0 radical (unpaired) electrons. The second-order valence-corrected chi connectivity index (χ2v) is 5.83. The molecule has 17 heavy (non-hydrogen) atoms. The summed E-state index contributed by atoms with van der Waals surface area (Å²) in [5.74, 6) is 1.15. The van der Waals surface area contributed by atoms with Crippen molar-refractivity contribution in [3.63, 3.8) is 0 Å². The van der Waals surface area contributed by atoms with Gasteiger partial charge in [-0.15, -0.1) is 0 Å². The Morgan fingerprint density at radius 3 is 2.53 bits per heavy atom. The molecule has 1 aromatic carbocycles. The Bertz CT molecular complexity index is 390. The van der Waals surface area contributed by atoms with E-state index in [4.69, 9.17) is 5.26 Å². The Morgan fingerprint density at radius 2 is 1.82 bits per heavy atom. The van der Waals surface area contributed by atoms with Gasteiger partial charge in [0.15, 0.2) is 0 Å². The second-order valence-electron chi connectivity index (χ2n) is 4.92. The molecule has 1 fully saturated rings. The summed E-state index contributed by atoms with van der Waals surface area (Å²) in [5.41, 5.74) is 1.41. The third-order valence-corrected chi connectivity index (χ3v) is 4.34. The lowest BCUT2D eigenvalue weighted by atomic mass is 9.81. The minimum absolute atomic E-state index is 0.559. The molecule has 0 aromatic heterocycles. The molecule has 0 amide bonds. The molecule has 2 atom stereocenters. The molecule has 0 aliphatic heterocycles. The predicted molar refractivity (Wildman–Crippen MR) is 73.7 cm³/mol. The van der Waals surface area contributed by atoms with Gasteiger partial charge in [0, 0.05) is 10.9 Å². The molecule has 1 nitrogen and oxygen atoms in total. The molecule has 0 bridgehead atoms. The molecule has 1 aliphatic rings. The van der Waals surface area contributed by atoms with Gasteiger partial charge in [-0.1, -0.05) is 47.3 Å². The highest BCUT2D eigenvalue weighted by molar-refractivity contribution is 9.10. The third kappa shape index (κ3) is 3.33. The largest absolute Gasteiger partial charge is 0.198 e. The molecule has 1 aliphatic carbocycles. The van der Waals surface area contributed by atoms with Crippen LogP contribution in [0.5, 0.6) is 0 Å². The van der Waals surface area contributed by atoms with Crippen molar-refractivity contribution < 1.29 is 0 Å². The summed E-state index contributed by atoms with van der Waals surface area (Å²) in [6, 6.07) is 11.0. The lowest BCUT2D eigenvalue weighted by Gasteiger charge is -2.23. The van der Waals surface area contributed by atoms with Crippen LogP contribution in [0.2, 0.25) is 0 Å². The maximum atomic E-state index is 8.96. The summed E-state index contributed by atoms with van der Waals surface area (Å²) in [4.78, 5) is 0. The van der Waals surface area contributed by atoms with Gasteiger partial charge in [-0.25, -0.2) is 0 Å². The van der Waals surface area contributed by atoms with Crippen molar-refractivity contribution in [2.45, 2.75) is 44.4 Å². The quantitative estimate of drug-likeness (QED) is 0.701. The molecule has 0 spiro atoms. The van der Waals surface area contributed by atoms with E-state index >= 15 is 0 Å². The first kappa shape index (κ1) is 12.6. The molecule has 1 saturated carbocycles. The van der Waals surface area contributed by atoms with Crippen LogP contribution in [-0.2, 0) is 0 Å². The summed E-state index contributed by atoms with van der Waals surface area (Å²) in [6.45, 7) is 0. The maximum absolute atomic E-state index is 8.96. The zero-order chi connectivity index (χ0) is 12.1. The fourth-order valence-corrected chi connectivity index (χ4v) is 3.16. The molecule has 2 rings (SSSR count). The summed E-state index contributed by atoms with van der Waals surface area (Å²) < 4.78 is 1.13. The zero-order valence-corrected chi connectivity index (χ0v) is 11.6. The van der Waals surface area contributed by atoms with Crippen molar-refractivity contribution in [3.05, 3.63) is 34.3 Å². The van der Waals surface area contributed by atoms with Gasteiger partial charge in [-0.3, -0.25) is 0 Å². The topological polar surface area (TPSA) is 23.8 Å². The molecule has 90 valence electrons. The first-order valence-electron chi connectivity index (χ1n) is 6.43. The number of nitrogens with zero attached hydrogens (tertiary/aromatic N) is 1. The van der Waals surface area contributed by atoms with Crippen LogP contribution < -0.4 is 0 Å². The Labute approximate surface area is 112 Å². The van der Waals surface area contributed by atoms with Gasteiger partial charge in [0.25, 0.3) is 0 Å². The monoisotopic (exact) mass is 291 g/mol. The van der Waals surface area contributed by atoms with Gasteiger partial charge >= 0.3 is 0 Å². The summed E-state index contributed by atoms with van der Waals surface area (Å²) >= 11 is 3.48. The van der Waals surface area contributed by atoms with Crippen LogP contribution in [0.25, 0.3) is 0 Å². The van der Waals surface area contributed by atoms with Crippen LogP contribution in [0.4, 0.5) is 0 Å². The molecule has 2 unspecified atom stereocenters. The Balaban J connectivity index is 2.19. The normalized spacial score (nSPS) is 24.9. The molecule has 1 aromatic rings. The average Bonchev–Trinajstić information content (AvgIpc) is 2.56. The van der Waals surface area contributed by atoms with Crippen LogP contribution in [0.15, 0.2) is 28.7 Å². The summed E-state index contributed by atoms with van der Waals surface area (Å²) in [6.07, 6.45) is 7.10. The SMILES string of the molecule is N#CCC1CCCCCC1c1ccc(Br)cc1. The summed E-state index contributed by atoms with van der Waals surface area (Å²) in [7, 11) is 0. The zero-order valence-electron chi connectivity index (χ0n) is 10.0. The van der Waals surface area contributed by atoms with Crippen LogP contribution in [0.3, 0.4) is 0 Å². The minimum Gasteiger partial charge on any atom is -0.198 e. The van der Waals surface area contributed by atoms with E-state index in [1.54, 1.807) is 0 Å². The van der Waals surface area contributed by atoms with E-state index in [-0.39, 0.29) is 0 Å². The average molecular weight is 292 g/mol. The van der Waals surface area contributed by atoms with Crippen molar-refractivity contribution in [1.29, 1.82) is 5.26 Å². The van der Waals surface area contributed by atoms with E-state index in [9.17, 15) is 0 Å². The molecule has 0 N–H and O–H groups in total. The van der Waals surface area contributed by atoms with Crippen molar-refractivity contribution in [3.8, 4) is 6.07 Å². The number of nitriles is 1. The molecule has 2 heteroatoms. The van der Waals surface area contributed by atoms with Gasteiger partial charge in [-0.2, -0.15) is 5.26 Å². The van der Waals surface area contributed by atoms with Gasteiger partial charge in [0.2, 0.25) is 0 Å². The van der Waals surface area contributed by atoms with Gasteiger partial charge < -0.3 is 0 Å². The first-order valence-corrected chi connectivity index (χ1v) is 7.23. The Hall–Kier alpha value is -0.810. The van der Waals surface area contributed by atoms with Crippen molar-refractivity contribution in [2.75, 3.05) is 0 Å². The van der Waals surface area contributed by atoms with Gasteiger partial charge in [0.1, 0.15) is 0 Å². The smallest absolute Gasteiger partial charge is 0.0624 e. The summed E-state index contributed by atoms with van der Waals surface area (Å²) in [5, 5.41) is 8.96. The first-order chi connectivity index (χ1) is 8.31. The fraction of sp³-hybridized carbons (Fsp3) is 0.533. The van der Waals surface area contributed by atoms with E-state index in [2.05, 4.69) is 46.3 Å². The van der Waals surface area contributed by atoms with E-state index in [1.807, 2.05) is 0 Å². The van der Waals surface area contributed by atoms with Gasteiger partial charge in [0.05, 0.1) is 6.07 Å². The highest BCUT2D eigenvalue weighted by Crippen LogP contribution is 2.38. The Kier molecular flexibility index (Phi) is 4.62. The van der Waals surface area contributed by atoms with Crippen LogP contribution >= 0.6 is 15.9 Å². The highest BCUT2D eigenvalue weighted by atomic mass is 79.9. The van der Waals surface area contributed by atoms with E-state index < -0.39 is 0 Å². The fourth-order valence-electron chi connectivity index (χ4n) is 2.89. The number of halogens is 1. The van der Waals surface area contributed by atoms with E-state index in [0.29, 0.717) is 18.3 Å². The van der Waals surface area contributed by atoms with Crippen LogP contribution in [-0.4, -0.2) is 0 Å². The molecular weight excluding hydrogens is 274 g/mol. The van der Waals surface area contributed by atoms with Crippen molar-refractivity contribution in [2.24, 2.45) is 5.92 Å². The molecular formula is C15H18BrN. The maximum Gasteiger partial charge on any atom is 0.0624 e. The van der Waals surface area contributed by atoms with Crippen molar-refractivity contribution in [1.82, 2.24) is 0 Å². The molecule has 0 saturated heterocycles. The number of hydrogen-bond acceptors (Lipinski definition) is 1. The van der Waals surface area contributed by atoms with Crippen molar-refractivity contribution >= 4 is 15.9 Å². The van der Waals surface area contributed by atoms with E-state index in [0.717, 1.165) is 4.47 Å². The van der Waals surface area contributed by atoms with Crippen LogP contribution in [0, 0.1) is 17.2 Å². The standard InChI is InChI=1S/C15H18BrN/c16-14-8-6-13(7-9-14)15-5-3-1-2-4-12(15)10-11-17/h6-9,12,15H,1-5,10H2. The lowest BCUT2D eigenvalue weighted by molar-refractivity contribution is 0.406.